The smallest absolute Gasteiger partial charge is 0.317 e. The lowest BCUT2D eigenvalue weighted by molar-refractivity contribution is 0.176. The average Bonchev–Trinajstić information content (AvgIpc) is 3.01. The number of hydrogen-bond donors (Lipinski definition) is 1. The fourth-order valence-electron chi connectivity index (χ4n) is 3.68. The summed E-state index contributed by atoms with van der Waals surface area (Å²) in [5.41, 5.74) is 2.56. The van der Waals surface area contributed by atoms with E-state index in [1.165, 1.54) is 11.1 Å². The number of halogens is 1. The van der Waals surface area contributed by atoms with Crippen molar-refractivity contribution in [3.63, 3.8) is 0 Å². The highest BCUT2D eigenvalue weighted by Gasteiger charge is 2.23. The van der Waals surface area contributed by atoms with E-state index in [0.717, 1.165) is 42.7 Å². The first-order valence-electron chi connectivity index (χ1n) is 9.02. The van der Waals surface area contributed by atoms with Gasteiger partial charge in [-0.15, -0.1) is 0 Å². The van der Waals surface area contributed by atoms with E-state index in [-0.39, 0.29) is 6.03 Å². The van der Waals surface area contributed by atoms with Gasteiger partial charge in [0.2, 0.25) is 0 Å². The molecule has 0 bridgehead atoms. The van der Waals surface area contributed by atoms with Crippen molar-refractivity contribution in [3.05, 3.63) is 46.0 Å². The lowest BCUT2D eigenvalue weighted by Gasteiger charge is -2.30. The number of urea groups is 1. The van der Waals surface area contributed by atoms with Gasteiger partial charge in [-0.1, -0.05) is 23.7 Å². The van der Waals surface area contributed by atoms with Crippen LogP contribution in [0.5, 0.6) is 0 Å². The van der Waals surface area contributed by atoms with Crippen LogP contribution < -0.4 is 5.32 Å². The predicted octanol–water partition coefficient (Wildman–Crippen LogP) is 1.82. The average molecular weight is 375 g/mol. The minimum absolute atomic E-state index is 0.0302. The maximum Gasteiger partial charge on any atom is 0.317 e. The molecule has 0 radical (unpaired) electrons. The van der Waals surface area contributed by atoms with Crippen molar-refractivity contribution in [1.82, 2.24) is 29.9 Å². The number of aromatic nitrogens is 3. The standard InChI is InChI=1S/C18H23ClN6O/c1-13-21-17-12-24(9-10-25(17)22-13)18(26)20-6-8-23-7-5-15-14(11-23)3-2-4-16(15)19/h2-4H,5-12H2,1H3,(H,20,26). The van der Waals surface area contributed by atoms with Crippen LogP contribution in [0.2, 0.25) is 5.02 Å². The maximum absolute atomic E-state index is 12.4. The number of rotatable bonds is 3. The Balaban J connectivity index is 1.26. The summed E-state index contributed by atoms with van der Waals surface area (Å²) in [6.07, 6.45) is 0.962. The molecule has 4 rings (SSSR count). The number of nitrogens with one attached hydrogen (secondary N) is 1. The normalized spacial score (nSPS) is 16.9. The van der Waals surface area contributed by atoms with Crippen molar-refractivity contribution in [2.75, 3.05) is 26.2 Å². The molecule has 3 heterocycles. The van der Waals surface area contributed by atoms with E-state index >= 15 is 0 Å². The summed E-state index contributed by atoms with van der Waals surface area (Å²) in [5, 5.41) is 8.22. The Morgan fingerprint density at radius 1 is 1.27 bits per heavy atom. The highest BCUT2D eigenvalue weighted by atomic mass is 35.5. The van der Waals surface area contributed by atoms with Crippen LogP contribution in [-0.4, -0.2) is 56.8 Å². The van der Waals surface area contributed by atoms with Gasteiger partial charge in [0.1, 0.15) is 11.6 Å². The predicted molar refractivity (Wildman–Crippen MR) is 99.0 cm³/mol. The molecule has 1 aromatic carbocycles. The zero-order valence-electron chi connectivity index (χ0n) is 14.9. The number of carbonyl (C=O) groups is 1. The minimum Gasteiger partial charge on any atom is -0.337 e. The van der Waals surface area contributed by atoms with E-state index in [1.54, 1.807) is 4.90 Å². The van der Waals surface area contributed by atoms with Gasteiger partial charge in [-0.3, -0.25) is 4.90 Å². The Morgan fingerprint density at radius 2 is 2.15 bits per heavy atom. The molecule has 2 aliphatic rings. The van der Waals surface area contributed by atoms with Crippen molar-refractivity contribution in [3.8, 4) is 0 Å². The molecular formula is C18H23ClN6O. The van der Waals surface area contributed by atoms with Crippen molar-refractivity contribution >= 4 is 17.6 Å². The van der Waals surface area contributed by atoms with Gasteiger partial charge < -0.3 is 10.2 Å². The Kier molecular flexibility index (Phi) is 4.82. The SMILES string of the molecule is Cc1nc2n(n1)CCN(C(=O)NCCN1CCc3c(Cl)cccc3C1)C2. The minimum atomic E-state index is -0.0302. The molecule has 0 unspecified atom stereocenters. The van der Waals surface area contributed by atoms with Crippen LogP contribution in [-0.2, 0) is 26.1 Å². The summed E-state index contributed by atoms with van der Waals surface area (Å²) in [5.74, 6) is 1.61. The highest BCUT2D eigenvalue weighted by Crippen LogP contribution is 2.25. The molecule has 0 saturated carbocycles. The summed E-state index contributed by atoms with van der Waals surface area (Å²) < 4.78 is 1.88. The van der Waals surface area contributed by atoms with Crippen LogP contribution in [0.4, 0.5) is 4.79 Å². The summed E-state index contributed by atoms with van der Waals surface area (Å²) in [6, 6.07) is 6.07. The number of aryl methyl sites for hydroxylation is 1. The lowest BCUT2D eigenvalue weighted by atomic mass is 10.00. The van der Waals surface area contributed by atoms with Crippen molar-refractivity contribution in [2.45, 2.75) is 33.0 Å². The first-order valence-corrected chi connectivity index (χ1v) is 9.39. The second-order valence-electron chi connectivity index (χ2n) is 6.86. The van der Waals surface area contributed by atoms with E-state index in [2.05, 4.69) is 26.4 Å². The van der Waals surface area contributed by atoms with Crippen LogP contribution in [0.3, 0.4) is 0 Å². The second-order valence-corrected chi connectivity index (χ2v) is 7.26. The molecule has 7 nitrogen and oxygen atoms in total. The summed E-state index contributed by atoms with van der Waals surface area (Å²) in [7, 11) is 0. The molecule has 0 saturated heterocycles. The number of benzene rings is 1. The number of carbonyl (C=O) groups excluding carboxylic acids is 1. The Labute approximate surface area is 157 Å². The fourth-order valence-corrected chi connectivity index (χ4v) is 3.97. The molecule has 1 N–H and O–H groups in total. The van der Waals surface area contributed by atoms with Crippen LogP contribution in [0.25, 0.3) is 0 Å². The Morgan fingerprint density at radius 3 is 3.04 bits per heavy atom. The van der Waals surface area contributed by atoms with E-state index in [4.69, 9.17) is 11.6 Å². The largest absolute Gasteiger partial charge is 0.337 e. The van der Waals surface area contributed by atoms with Gasteiger partial charge in [-0.25, -0.2) is 14.5 Å². The van der Waals surface area contributed by atoms with E-state index in [1.807, 2.05) is 23.7 Å². The molecule has 1 aromatic heterocycles. The van der Waals surface area contributed by atoms with Gasteiger partial charge in [0.05, 0.1) is 13.1 Å². The van der Waals surface area contributed by atoms with Crippen LogP contribution in [0.15, 0.2) is 18.2 Å². The lowest BCUT2D eigenvalue weighted by Crippen LogP contribution is -2.46. The van der Waals surface area contributed by atoms with E-state index < -0.39 is 0 Å². The molecule has 2 amide bonds. The van der Waals surface area contributed by atoms with Crippen LogP contribution in [0, 0.1) is 6.92 Å². The molecular weight excluding hydrogens is 352 g/mol. The maximum atomic E-state index is 12.4. The zero-order chi connectivity index (χ0) is 18.1. The number of nitrogens with zero attached hydrogens (tertiary/aromatic N) is 5. The molecule has 26 heavy (non-hydrogen) atoms. The monoisotopic (exact) mass is 374 g/mol. The van der Waals surface area contributed by atoms with Gasteiger partial charge in [-0.05, 0) is 30.5 Å². The van der Waals surface area contributed by atoms with Gasteiger partial charge in [0.15, 0.2) is 0 Å². The number of amides is 2. The highest BCUT2D eigenvalue weighted by molar-refractivity contribution is 6.31. The topological polar surface area (TPSA) is 66.3 Å². The molecule has 0 spiro atoms. The van der Waals surface area contributed by atoms with Gasteiger partial charge >= 0.3 is 6.03 Å². The second kappa shape index (κ2) is 7.25. The summed E-state index contributed by atoms with van der Waals surface area (Å²) in [4.78, 5) is 21.0. The fraction of sp³-hybridized carbons (Fsp3) is 0.500. The van der Waals surface area contributed by atoms with E-state index in [9.17, 15) is 4.79 Å². The summed E-state index contributed by atoms with van der Waals surface area (Å²) in [6.45, 7) is 7.08. The van der Waals surface area contributed by atoms with Crippen molar-refractivity contribution in [2.24, 2.45) is 0 Å². The molecule has 138 valence electrons. The van der Waals surface area contributed by atoms with Crippen molar-refractivity contribution < 1.29 is 4.79 Å². The number of fused-ring (bicyclic) bond motifs is 2. The third-order valence-electron chi connectivity index (χ3n) is 5.05. The Hall–Kier alpha value is -2.12. The Bertz CT molecular complexity index is 820. The molecule has 2 aromatic rings. The molecule has 8 heteroatoms. The first-order chi connectivity index (χ1) is 12.6. The molecule has 2 aliphatic heterocycles. The molecule has 0 atom stereocenters. The van der Waals surface area contributed by atoms with Crippen LogP contribution in [0.1, 0.15) is 22.8 Å². The third kappa shape index (κ3) is 3.54. The van der Waals surface area contributed by atoms with Crippen LogP contribution >= 0.6 is 11.6 Å². The molecule has 0 aliphatic carbocycles. The quantitative estimate of drug-likeness (QED) is 0.890. The van der Waals surface area contributed by atoms with Gasteiger partial charge in [0, 0.05) is 37.7 Å². The van der Waals surface area contributed by atoms with Crippen molar-refractivity contribution in [1.29, 1.82) is 0 Å². The third-order valence-corrected chi connectivity index (χ3v) is 5.40. The van der Waals surface area contributed by atoms with Gasteiger partial charge in [-0.2, -0.15) is 5.10 Å². The summed E-state index contributed by atoms with van der Waals surface area (Å²) >= 11 is 6.27. The number of hydrogen-bond acceptors (Lipinski definition) is 4. The van der Waals surface area contributed by atoms with E-state index in [0.29, 0.717) is 26.2 Å². The zero-order valence-corrected chi connectivity index (χ0v) is 15.7. The molecule has 0 fully saturated rings. The van der Waals surface area contributed by atoms with Gasteiger partial charge in [0.25, 0.3) is 0 Å². The first kappa shape index (κ1) is 17.3.